The van der Waals surface area contributed by atoms with Gasteiger partial charge in [-0.25, -0.2) is 0 Å². The van der Waals surface area contributed by atoms with Crippen LogP contribution < -0.4 is 12.3 Å². The van der Waals surface area contributed by atoms with Crippen LogP contribution in [0.15, 0.2) is 0 Å². The van der Waals surface area contributed by atoms with E-state index in [0.717, 1.165) is 0 Å². The quantitative estimate of drug-likeness (QED) is 0.478. The van der Waals surface area contributed by atoms with Crippen LogP contribution in [0.1, 0.15) is 12.8 Å². The van der Waals surface area contributed by atoms with E-state index in [1.807, 2.05) is 0 Å². The zero-order valence-electron chi connectivity index (χ0n) is 7.26. The van der Waals surface area contributed by atoms with Crippen LogP contribution in [0.4, 0.5) is 0 Å². The van der Waals surface area contributed by atoms with Gasteiger partial charge in [-0.3, -0.25) is 14.4 Å². The van der Waals surface area contributed by atoms with Crippen LogP contribution in [-0.2, 0) is 35.4 Å². The van der Waals surface area contributed by atoms with Gasteiger partial charge in [0.1, 0.15) is 5.78 Å². The van der Waals surface area contributed by atoms with Crippen LogP contribution in [0.5, 0.6) is 0 Å². The summed E-state index contributed by atoms with van der Waals surface area (Å²) >= 11 is 0. The third kappa shape index (κ3) is 2.60. The molecule has 7 nitrogen and oxygen atoms in total. The molecule has 0 unspecified atom stereocenters. The molecule has 0 bridgehead atoms. The molecular formula is C6H12N2O5Pt. The van der Waals surface area contributed by atoms with Crippen molar-refractivity contribution in [2.24, 2.45) is 5.41 Å². The maximum absolute atomic E-state index is 10.4. The van der Waals surface area contributed by atoms with Gasteiger partial charge >= 0.3 is 11.9 Å². The van der Waals surface area contributed by atoms with Crippen LogP contribution in [0.3, 0.4) is 0 Å². The second kappa shape index (κ2) is 5.85. The van der Waals surface area contributed by atoms with Gasteiger partial charge in [0.05, 0.1) is 0 Å². The minimum Gasteiger partial charge on any atom is -0.480 e. The molecule has 0 radical (unpaired) electrons. The summed E-state index contributed by atoms with van der Waals surface area (Å²) in [6, 6.07) is 0. The van der Waals surface area contributed by atoms with E-state index in [-0.39, 0.29) is 52.0 Å². The average molecular weight is 387 g/mol. The molecule has 86 valence electrons. The molecule has 8 heteroatoms. The predicted molar refractivity (Wildman–Crippen MR) is 42.0 cm³/mol. The van der Waals surface area contributed by atoms with Gasteiger partial charge in [0.2, 0.25) is 0 Å². The van der Waals surface area contributed by atoms with Crippen molar-refractivity contribution in [1.29, 1.82) is 0 Å². The van der Waals surface area contributed by atoms with Gasteiger partial charge in [-0.2, -0.15) is 0 Å². The van der Waals surface area contributed by atoms with Crippen molar-refractivity contribution in [3.63, 3.8) is 0 Å². The molecule has 1 saturated carbocycles. The number of rotatable bonds is 2. The van der Waals surface area contributed by atoms with Crippen molar-refractivity contribution in [3.8, 4) is 0 Å². The molecule has 14 heavy (non-hydrogen) atoms. The van der Waals surface area contributed by atoms with E-state index < -0.39 is 17.4 Å². The van der Waals surface area contributed by atoms with E-state index in [9.17, 15) is 14.4 Å². The molecule has 0 spiro atoms. The van der Waals surface area contributed by atoms with Gasteiger partial charge in [0, 0.05) is 33.9 Å². The fourth-order valence-corrected chi connectivity index (χ4v) is 1.02. The number of carboxylic acid groups (broad SMARTS) is 2. The van der Waals surface area contributed by atoms with Gasteiger partial charge < -0.3 is 22.5 Å². The number of ketones is 1. The molecule has 0 saturated heterocycles. The van der Waals surface area contributed by atoms with Crippen LogP contribution in [0.25, 0.3) is 0 Å². The molecule has 0 aromatic heterocycles. The summed E-state index contributed by atoms with van der Waals surface area (Å²) in [5.41, 5.74) is -1.82. The van der Waals surface area contributed by atoms with Crippen LogP contribution >= 0.6 is 0 Å². The maximum atomic E-state index is 10.4. The Morgan fingerprint density at radius 2 is 1.36 bits per heavy atom. The number of Topliss-reactive ketones (excluding diaryl/α,β-unsaturated/α-hetero) is 1. The Kier molecular flexibility index (Phi) is 7.89. The van der Waals surface area contributed by atoms with Gasteiger partial charge in [-0.1, -0.05) is 0 Å². The molecule has 0 atom stereocenters. The van der Waals surface area contributed by atoms with E-state index in [1.54, 1.807) is 0 Å². The smallest absolute Gasteiger partial charge is 0.321 e. The molecule has 0 aromatic rings. The largest absolute Gasteiger partial charge is 0.480 e. The van der Waals surface area contributed by atoms with Crippen molar-refractivity contribution in [3.05, 3.63) is 0 Å². The first-order valence-corrected chi connectivity index (χ1v) is 2.97. The third-order valence-corrected chi connectivity index (χ3v) is 1.82. The number of aliphatic carboxylic acids is 2. The normalized spacial score (nSPS) is 16.1. The SMILES string of the molecule is N.N.O=C1CC(C(=O)O)(C(=O)O)C1.[Pt]. The Morgan fingerprint density at radius 1 is 1.07 bits per heavy atom. The van der Waals surface area contributed by atoms with Crippen LogP contribution in [0.2, 0.25) is 0 Å². The monoisotopic (exact) mass is 387 g/mol. The first-order chi connectivity index (χ1) is 4.99. The molecular weight excluding hydrogens is 375 g/mol. The second-order valence-corrected chi connectivity index (χ2v) is 2.58. The third-order valence-electron chi connectivity index (χ3n) is 1.82. The van der Waals surface area contributed by atoms with Crippen molar-refractivity contribution in [2.45, 2.75) is 12.8 Å². The first-order valence-electron chi connectivity index (χ1n) is 2.97. The second-order valence-electron chi connectivity index (χ2n) is 2.58. The molecule has 8 N–H and O–H groups in total. The number of carboxylic acids is 2. The van der Waals surface area contributed by atoms with Crippen LogP contribution in [0, 0.1) is 5.41 Å². The molecule has 0 heterocycles. The molecule has 0 aromatic carbocycles. The van der Waals surface area contributed by atoms with Gasteiger partial charge in [0.15, 0.2) is 5.41 Å². The van der Waals surface area contributed by atoms with E-state index in [2.05, 4.69) is 0 Å². The summed E-state index contributed by atoms with van der Waals surface area (Å²) < 4.78 is 0. The summed E-state index contributed by atoms with van der Waals surface area (Å²) in [4.78, 5) is 31.1. The average Bonchev–Trinajstić information content (AvgIpc) is 1.78. The van der Waals surface area contributed by atoms with Crippen molar-refractivity contribution in [2.75, 3.05) is 0 Å². The predicted octanol–water partition coefficient (Wildman–Crippen LogP) is -0.174. The zero-order valence-corrected chi connectivity index (χ0v) is 9.54. The Labute approximate surface area is 94.3 Å². The first kappa shape index (κ1) is 18.9. The van der Waals surface area contributed by atoms with Crippen molar-refractivity contribution >= 4 is 17.7 Å². The van der Waals surface area contributed by atoms with E-state index in [0.29, 0.717) is 0 Å². The van der Waals surface area contributed by atoms with Crippen molar-refractivity contribution < 1.29 is 45.7 Å². The molecule has 0 amide bonds. The van der Waals surface area contributed by atoms with Gasteiger partial charge in [0.25, 0.3) is 0 Å². The summed E-state index contributed by atoms with van der Waals surface area (Å²) in [6.45, 7) is 0. The van der Waals surface area contributed by atoms with E-state index in [1.165, 1.54) is 0 Å². The Morgan fingerprint density at radius 3 is 1.43 bits per heavy atom. The minimum atomic E-state index is -1.82. The number of hydrogen-bond acceptors (Lipinski definition) is 5. The molecule has 1 aliphatic rings. The van der Waals surface area contributed by atoms with Crippen molar-refractivity contribution in [1.82, 2.24) is 12.3 Å². The summed E-state index contributed by atoms with van der Waals surface area (Å²) in [5, 5.41) is 16.9. The number of hydrogen-bond donors (Lipinski definition) is 4. The van der Waals surface area contributed by atoms with E-state index in [4.69, 9.17) is 10.2 Å². The fraction of sp³-hybridized carbons (Fsp3) is 0.500. The summed E-state index contributed by atoms with van der Waals surface area (Å²) in [6.07, 6.45) is -0.755. The maximum Gasteiger partial charge on any atom is 0.321 e. The molecule has 0 aliphatic heterocycles. The summed E-state index contributed by atoms with van der Waals surface area (Å²) in [5.74, 6) is -3.16. The minimum absolute atomic E-state index is 0. The molecule has 1 rings (SSSR count). The zero-order chi connectivity index (χ0) is 8.65. The number of carbonyl (C=O) groups excluding carboxylic acids is 1. The van der Waals surface area contributed by atoms with Gasteiger partial charge in [-0.05, 0) is 0 Å². The Bertz CT molecular complexity index is 231. The standard InChI is InChI=1S/C6H6O5.2H3N.Pt/c7-3-1-6(2-3,4(8)9)5(10)11;;;/h1-2H2,(H,8,9)(H,10,11);2*1H3;. The molecule has 1 fully saturated rings. The van der Waals surface area contributed by atoms with E-state index >= 15 is 0 Å². The Balaban J connectivity index is -0.000000403. The number of carbonyl (C=O) groups is 3. The fourth-order valence-electron chi connectivity index (χ4n) is 1.02. The molecule has 1 aliphatic carbocycles. The summed E-state index contributed by atoms with van der Waals surface area (Å²) in [7, 11) is 0. The van der Waals surface area contributed by atoms with Crippen LogP contribution in [-0.4, -0.2) is 27.9 Å². The Hall–Kier alpha value is -0.782. The topological polar surface area (TPSA) is 162 Å². The van der Waals surface area contributed by atoms with Gasteiger partial charge in [-0.15, -0.1) is 0 Å².